The van der Waals surface area contributed by atoms with E-state index in [1.807, 2.05) is 11.8 Å². The van der Waals surface area contributed by atoms with Crippen molar-refractivity contribution < 1.29 is 9.34 Å². The van der Waals surface area contributed by atoms with E-state index < -0.39 is 4.92 Å². The molecule has 0 saturated carbocycles. The van der Waals surface area contributed by atoms with Crippen LogP contribution in [0.5, 0.6) is 0 Å². The predicted molar refractivity (Wildman–Crippen MR) is 62.5 cm³/mol. The first-order chi connectivity index (χ1) is 7.75. The molecule has 0 bridgehead atoms. The highest BCUT2D eigenvalue weighted by molar-refractivity contribution is 7.99. The molecule has 5 nitrogen and oxygen atoms in total. The summed E-state index contributed by atoms with van der Waals surface area (Å²) in [6.45, 7) is 0.569. The molecule has 0 aliphatic carbocycles. The van der Waals surface area contributed by atoms with E-state index in [9.17, 15) is 10.1 Å². The summed E-state index contributed by atoms with van der Waals surface area (Å²) in [6.07, 6.45) is 2.41. The first-order valence-corrected chi connectivity index (χ1v) is 6.45. The van der Waals surface area contributed by atoms with Crippen molar-refractivity contribution >= 4 is 17.6 Å². The van der Waals surface area contributed by atoms with Crippen molar-refractivity contribution in [3.8, 4) is 0 Å². The van der Waals surface area contributed by atoms with Gasteiger partial charge in [0.1, 0.15) is 10.7 Å². The van der Waals surface area contributed by atoms with Gasteiger partial charge in [0.05, 0.1) is 12.6 Å². The number of hydrogen-bond donors (Lipinski definition) is 1. The second-order valence-corrected chi connectivity index (χ2v) is 4.94. The summed E-state index contributed by atoms with van der Waals surface area (Å²) in [6, 6.07) is 3.55. The Hall–Kier alpha value is -1.01. The SMILES string of the molecule is O=[N+]([O-])c1ccc(CNC2CCCSC2)o1. The molecule has 1 N–H and O–H groups in total. The monoisotopic (exact) mass is 242 g/mol. The Balaban J connectivity index is 1.81. The lowest BCUT2D eigenvalue weighted by molar-refractivity contribution is -0.402. The van der Waals surface area contributed by atoms with Crippen molar-refractivity contribution in [3.63, 3.8) is 0 Å². The van der Waals surface area contributed by atoms with Crippen LogP contribution in [0.25, 0.3) is 0 Å². The van der Waals surface area contributed by atoms with Crippen LogP contribution in [0, 0.1) is 10.1 Å². The Kier molecular flexibility index (Phi) is 3.84. The highest BCUT2D eigenvalue weighted by Gasteiger charge is 2.15. The third-order valence-corrected chi connectivity index (χ3v) is 3.77. The molecule has 1 fully saturated rings. The van der Waals surface area contributed by atoms with Crippen LogP contribution in [-0.2, 0) is 6.54 Å². The summed E-state index contributed by atoms with van der Waals surface area (Å²) in [5, 5.41) is 13.8. The van der Waals surface area contributed by atoms with E-state index in [1.165, 1.54) is 24.7 Å². The van der Waals surface area contributed by atoms with Crippen LogP contribution in [0.4, 0.5) is 5.88 Å². The molecule has 1 aromatic rings. The van der Waals surface area contributed by atoms with Gasteiger partial charge in [0.15, 0.2) is 0 Å². The molecule has 1 unspecified atom stereocenters. The fraction of sp³-hybridized carbons (Fsp3) is 0.600. The van der Waals surface area contributed by atoms with Gasteiger partial charge in [0.25, 0.3) is 0 Å². The third-order valence-electron chi connectivity index (χ3n) is 2.55. The highest BCUT2D eigenvalue weighted by atomic mass is 32.2. The number of nitro groups is 1. The molecule has 1 aliphatic rings. The molecule has 2 rings (SSSR count). The second kappa shape index (κ2) is 5.36. The van der Waals surface area contributed by atoms with Crippen LogP contribution in [0.1, 0.15) is 18.6 Å². The lowest BCUT2D eigenvalue weighted by atomic mass is 10.2. The molecule has 1 saturated heterocycles. The van der Waals surface area contributed by atoms with Gasteiger partial charge in [-0.25, -0.2) is 0 Å². The standard InChI is InChI=1S/C10H14N2O3S/c13-12(14)10-4-3-9(15-10)6-11-8-2-1-5-16-7-8/h3-4,8,11H,1-2,5-7H2. The molecule has 1 aliphatic heterocycles. The predicted octanol–water partition coefficient (Wildman–Crippen LogP) is 2.17. The molecule has 1 aromatic heterocycles. The van der Waals surface area contributed by atoms with Gasteiger partial charge >= 0.3 is 5.88 Å². The van der Waals surface area contributed by atoms with Gasteiger partial charge in [-0.05, 0) is 24.7 Å². The van der Waals surface area contributed by atoms with Crippen LogP contribution in [0.3, 0.4) is 0 Å². The first-order valence-electron chi connectivity index (χ1n) is 5.30. The van der Waals surface area contributed by atoms with E-state index in [0.29, 0.717) is 18.3 Å². The van der Waals surface area contributed by atoms with Crippen molar-refractivity contribution in [2.24, 2.45) is 0 Å². The van der Waals surface area contributed by atoms with Gasteiger partial charge in [-0.3, -0.25) is 10.1 Å². The summed E-state index contributed by atoms with van der Waals surface area (Å²) >= 11 is 1.95. The van der Waals surface area contributed by atoms with Crippen molar-refractivity contribution in [3.05, 3.63) is 28.0 Å². The van der Waals surface area contributed by atoms with Gasteiger partial charge in [-0.15, -0.1) is 0 Å². The Labute approximate surface area is 97.7 Å². The van der Waals surface area contributed by atoms with Crippen molar-refractivity contribution in [1.82, 2.24) is 5.32 Å². The van der Waals surface area contributed by atoms with E-state index in [-0.39, 0.29) is 5.88 Å². The van der Waals surface area contributed by atoms with E-state index in [4.69, 9.17) is 4.42 Å². The fourth-order valence-electron chi connectivity index (χ4n) is 1.71. The molecular formula is C10H14N2O3S. The zero-order chi connectivity index (χ0) is 11.4. The Morgan fingerprint density at radius 2 is 2.50 bits per heavy atom. The zero-order valence-electron chi connectivity index (χ0n) is 8.85. The van der Waals surface area contributed by atoms with Crippen LogP contribution in [0.2, 0.25) is 0 Å². The lowest BCUT2D eigenvalue weighted by Gasteiger charge is -2.21. The van der Waals surface area contributed by atoms with Gasteiger partial charge in [-0.1, -0.05) is 0 Å². The minimum Gasteiger partial charge on any atom is -0.404 e. The zero-order valence-corrected chi connectivity index (χ0v) is 9.66. The number of furan rings is 1. The van der Waals surface area contributed by atoms with E-state index in [0.717, 1.165) is 5.75 Å². The van der Waals surface area contributed by atoms with Crippen LogP contribution < -0.4 is 5.32 Å². The number of nitrogens with one attached hydrogen (secondary N) is 1. The van der Waals surface area contributed by atoms with Gasteiger partial charge < -0.3 is 9.73 Å². The summed E-state index contributed by atoms with van der Waals surface area (Å²) in [5.74, 6) is 2.80. The molecule has 88 valence electrons. The molecule has 0 aromatic carbocycles. The summed E-state index contributed by atoms with van der Waals surface area (Å²) in [7, 11) is 0. The number of thioether (sulfide) groups is 1. The normalized spacial score (nSPS) is 20.9. The number of hydrogen-bond acceptors (Lipinski definition) is 5. The second-order valence-electron chi connectivity index (χ2n) is 3.79. The van der Waals surface area contributed by atoms with Gasteiger partial charge in [0, 0.05) is 11.8 Å². The smallest absolute Gasteiger partial charge is 0.404 e. The van der Waals surface area contributed by atoms with Gasteiger partial charge in [0.2, 0.25) is 0 Å². The maximum absolute atomic E-state index is 10.4. The fourth-order valence-corrected chi connectivity index (χ4v) is 2.81. The minimum absolute atomic E-state index is 0.185. The van der Waals surface area contributed by atoms with Crippen LogP contribution >= 0.6 is 11.8 Å². The largest absolute Gasteiger partial charge is 0.433 e. The topological polar surface area (TPSA) is 68.3 Å². The number of rotatable bonds is 4. The average molecular weight is 242 g/mol. The first kappa shape index (κ1) is 11.5. The number of nitrogens with zero attached hydrogens (tertiary/aromatic N) is 1. The summed E-state index contributed by atoms with van der Waals surface area (Å²) in [4.78, 5) is 9.89. The molecule has 0 amide bonds. The van der Waals surface area contributed by atoms with E-state index in [2.05, 4.69) is 5.32 Å². The molecule has 6 heteroatoms. The molecule has 0 spiro atoms. The van der Waals surface area contributed by atoms with Crippen molar-refractivity contribution in [2.45, 2.75) is 25.4 Å². The molecule has 0 radical (unpaired) electrons. The van der Waals surface area contributed by atoms with Crippen LogP contribution in [-0.4, -0.2) is 22.5 Å². The Morgan fingerprint density at radius 3 is 3.12 bits per heavy atom. The van der Waals surface area contributed by atoms with E-state index in [1.54, 1.807) is 6.07 Å². The molecule has 2 heterocycles. The highest BCUT2D eigenvalue weighted by Crippen LogP contribution is 2.19. The summed E-state index contributed by atoms with van der Waals surface area (Å²) < 4.78 is 5.07. The quantitative estimate of drug-likeness (QED) is 0.647. The Bertz CT molecular complexity index is 361. The summed E-state index contributed by atoms with van der Waals surface area (Å²) in [5.41, 5.74) is 0. The maximum atomic E-state index is 10.4. The molecular weight excluding hydrogens is 228 g/mol. The molecule has 1 atom stereocenters. The lowest BCUT2D eigenvalue weighted by Crippen LogP contribution is -2.33. The minimum atomic E-state index is -0.514. The maximum Gasteiger partial charge on any atom is 0.433 e. The molecule has 16 heavy (non-hydrogen) atoms. The van der Waals surface area contributed by atoms with Crippen molar-refractivity contribution in [1.29, 1.82) is 0 Å². The van der Waals surface area contributed by atoms with Gasteiger partial charge in [-0.2, -0.15) is 11.8 Å². The van der Waals surface area contributed by atoms with E-state index >= 15 is 0 Å². The third kappa shape index (κ3) is 2.99. The Morgan fingerprint density at radius 1 is 1.62 bits per heavy atom. The van der Waals surface area contributed by atoms with Crippen LogP contribution in [0.15, 0.2) is 16.5 Å². The van der Waals surface area contributed by atoms with Crippen molar-refractivity contribution in [2.75, 3.05) is 11.5 Å². The average Bonchev–Trinajstić information content (AvgIpc) is 2.76.